The molecule has 7 nitrogen and oxygen atoms in total. The van der Waals surface area contributed by atoms with Crippen LogP contribution in [0.3, 0.4) is 0 Å². The van der Waals surface area contributed by atoms with Crippen LogP contribution in [0.5, 0.6) is 5.75 Å². The summed E-state index contributed by atoms with van der Waals surface area (Å²) >= 11 is 7.15. The molecule has 2 aliphatic heterocycles. The van der Waals surface area contributed by atoms with Crippen molar-refractivity contribution in [3.05, 3.63) is 53.3 Å². The van der Waals surface area contributed by atoms with E-state index in [0.29, 0.717) is 22.3 Å². The van der Waals surface area contributed by atoms with E-state index in [1.807, 2.05) is 0 Å². The molecule has 2 aliphatic rings. The van der Waals surface area contributed by atoms with Crippen molar-refractivity contribution in [1.82, 2.24) is 0 Å². The van der Waals surface area contributed by atoms with Crippen LogP contribution in [-0.2, 0) is 14.6 Å². The summed E-state index contributed by atoms with van der Waals surface area (Å²) in [5, 5.41) is 3.05. The van der Waals surface area contributed by atoms with Gasteiger partial charge in [-0.3, -0.25) is 9.79 Å². The minimum Gasteiger partial charge on any atom is -0.497 e. The number of nitrogens with zero attached hydrogens (tertiary/aromatic N) is 2. The third-order valence-corrected chi connectivity index (χ3v) is 8.46. The number of halogens is 2. The normalized spacial score (nSPS) is 21.3. The first kappa shape index (κ1) is 21.9. The lowest BCUT2D eigenvalue weighted by Crippen LogP contribution is -2.36. The molecule has 1 saturated heterocycles. The van der Waals surface area contributed by atoms with Gasteiger partial charge in [-0.05, 0) is 42.5 Å². The number of methoxy groups -OCH3 is 1. The number of aliphatic imine (C=N–C) groups is 1. The highest BCUT2D eigenvalue weighted by Crippen LogP contribution is 2.37. The van der Waals surface area contributed by atoms with Crippen molar-refractivity contribution >= 4 is 55.6 Å². The number of thioether (sulfide) groups is 1. The van der Waals surface area contributed by atoms with Gasteiger partial charge in [-0.1, -0.05) is 23.4 Å². The zero-order chi connectivity index (χ0) is 22.2. The lowest BCUT2D eigenvalue weighted by atomic mass is 10.2. The molecule has 0 radical (unpaired) electrons. The van der Waals surface area contributed by atoms with Crippen LogP contribution in [0.25, 0.3) is 0 Å². The molecule has 0 unspecified atom stereocenters. The van der Waals surface area contributed by atoms with Gasteiger partial charge < -0.3 is 15.0 Å². The first-order valence-corrected chi connectivity index (χ1v) is 12.4. The summed E-state index contributed by atoms with van der Waals surface area (Å²) in [6.07, 6.45) is 0. The fourth-order valence-corrected chi connectivity index (χ4v) is 7.38. The summed E-state index contributed by atoms with van der Waals surface area (Å²) in [5.41, 5.74) is 1.08. The molecule has 1 amide bonds. The maximum absolute atomic E-state index is 13.4. The van der Waals surface area contributed by atoms with Crippen LogP contribution in [0.1, 0.15) is 0 Å². The van der Waals surface area contributed by atoms with Gasteiger partial charge >= 0.3 is 0 Å². The lowest BCUT2D eigenvalue weighted by Gasteiger charge is -2.24. The average Bonchev–Trinajstić information content (AvgIpc) is 3.22. The highest BCUT2D eigenvalue weighted by molar-refractivity contribution is 8.15. The number of amides is 1. The molecule has 2 heterocycles. The number of fused-ring (bicyclic) bond motifs is 1. The van der Waals surface area contributed by atoms with Crippen molar-refractivity contribution in [2.75, 3.05) is 35.4 Å². The zero-order valence-corrected chi connectivity index (χ0v) is 18.8. The molecule has 0 aromatic heterocycles. The molecule has 31 heavy (non-hydrogen) atoms. The molecular weight excluding hydrogens is 465 g/mol. The van der Waals surface area contributed by atoms with Crippen LogP contribution in [-0.4, -0.2) is 55.9 Å². The number of rotatable bonds is 5. The van der Waals surface area contributed by atoms with Gasteiger partial charge in [0.1, 0.15) is 18.1 Å². The van der Waals surface area contributed by atoms with E-state index in [4.69, 9.17) is 16.3 Å². The van der Waals surface area contributed by atoms with Crippen LogP contribution in [0.15, 0.2) is 47.5 Å². The van der Waals surface area contributed by atoms with Crippen LogP contribution < -0.4 is 15.0 Å². The van der Waals surface area contributed by atoms with Gasteiger partial charge in [0.15, 0.2) is 15.0 Å². The van der Waals surface area contributed by atoms with Crippen molar-refractivity contribution < 1.29 is 22.3 Å². The molecule has 0 saturated carbocycles. The van der Waals surface area contributed by atoms with Gasteiger partial charge in [0.2, 0.25) is 5.91 Å². The second kappa shape index (κ2) is 8.68. The van der Waals surface area contributed by atoms with E-state index >= 15 is 0 Å². The number of ether oxygens (including phenoxy) is 1. The van der Waals surface area contributed by atoms with Gasteiger partial charge in [0, 0.05) is 16.6 Å². The molecule has 164 valence electrons. The molecule has 0 aliphatic carbocycles. The quantitative estimate of drug-likeness (QED) is 0.702. The SMILES string of the molecule is COc1ccc(N(CC(=O)Nc2ccc(F)c(Cl)c2)C2=N[C@@H]3CS(=O)(=O)C[C@H]3S2)cc1. The molecule has 2 aromatic carbocycles. The molecule has 1 N–H and O–H groups in total. The summed E-state index contributed by atoms with van der Waals surface area (Å²) in [6.45, 7) is -0.0701. The maximum atomic E-state index is 13.4. The Morgan fingerprint density at radius 1 is 1.29 bits per heavy atom. The topological polar surface area (TPSA) is 88.1 Å². The van der Waals surface area contributed by atoms with E-state index in [2.05, 4.69) is 10.3 Å². The fraction of sp³-hybridized carbons (Fsp3) is 0.300. The Bertz CT molecular complexity index is 1140. The highest BCUT2D eigenvalue weighted by atomic mass is 35.5. The van der Waals surface area contributed by atoms with Crippen LogP contribution in [0, 0.1) is 5.82 Å². The van der Waals surface area contributed by atoms with Crippen LogP contribution in [0.2, 0.25) is 5.02 Å². The fourth-order valence-electron chi connectivity index (χ4n) is 3.42. The first-order valence-electron chi connectivity index (χ1n) is 9.35. The number of benzene rings is 2. The number of anilines is 2. The summed E-state index contributed by atoms with van der Waals surface area (Å²) in [5.74, 6) is -0.168. The summed E-state index contributed by atoms with van der Waals surface area (Å²) in [7, 11) is -1.52. The number of hydrogen-bond donors (Lipinski definition) is 1. The Kier molecular flexibility index (Phi) is 6.14. The van der Waals surface area contributed by atoms with E-state index in [-0.39, 0.29) is 40.3 Å². The van der Waals surface area contributed by atoms with E-state index in [1.54, 1.807) is 36.3 Å². The van der Waals surface area contributed by atoms with Crippen LogP contribution in [0.4, 0.5) is 15.8 Å². The Balaban J connectivity index is 1.56. The molecule has 1 fully saturated rings. The van der Waals surface area contributed by atoms with Gasteiger partial charge in [-0.25, -0.2) is 12.8 Å². The number of hydrogen-bond acceptors (Lipinski definition) is 7. The predicted molar refractivity (Wildman–Crippen MR) is 122 cm³/mol. The summed E-state index contributed by atoms with van der Waals surface area (Å²) < 4.78 is 42.3. The maximum Gasteiger partial charge on any atom is 0.244 e. The van der Waals surface area contributed by atoms with Crippen molar-refractivity contribution in [2.24, 2.45) is 4.99 Å². The molecule has 2 atom stereocenters. The summed E-state index contributed by atoms with van der Waals surface area (Å²) in [6, 6.07) is 10.8. The molecule has 11 heteroatoms. The Morgan fingerprint density at radius 2 is 2.03 bits per heavy atom. The number of carbonyl (C=O) groups is 1. The van der Waals surface area contributed by atoms with E-state index in [1.165, 1.54) is 30.0 Å². The van der Waals surface area contributed by atoms with Gasteiger partial charge in [0.05, 0.1) is 29.7 Å². The molecule has 4 rings (SSSR count). The summed E-state index contributed by atoms with van der Waals surface area (Å²) in [4.78, 5) is 19.1. The second-order valence-electron chi connectivity index (χ2n) is 7.17. The standard InChI is InChI=1S/C20H19ClFN3O4S2/c1-29-14-5-3-13(4-6-14)25(20-24-17-10-31(27,28)11-18(17)30-20)9-19(26)23-12-2-7-16(22)15(21)8-12/h2-8,17-18H,9-11H2,1H3,(H,23,26)/t17-,18-/m1/s1. The number of amidine groups is 1. The highest BCUT2D eigenvalue weighted by Gasteiger charge is 2.44. The van der Waals surface area contributed by atoms with Gasteiger partial charge in [0.25, 0.3) is 0 Å². The van der Waals surface area contributed by atoms with E-state index in [9.17, 15) is 17.6 Å². The molecule has 0 bridgehead atoms. The Hall–Kier alpha value is -2.30. The average molecular weight is 484 g/mol. The van der Waals surface area contributed by atoms with E-state index < -0.39 is 15.7 Å². The smallest absolute Gasteiger partial charge is 0.244 e. The Labute approximate surface area is 188 Å². The lowest BCUT2D eigenvalue weighted by molar-refractivity contribution is -0.114. The number of sulfone groups is 1. The molecular formula is C20H19ClFN3O4S2. The van der Waals surface area contributed by atoms with Crippen molar-refractivity contribution in [2.45, 2.75) is 11.3 Å². The van der Waals surface area contributed by atoms with E-state index in [0.717, 1.165) is 0 Å². The third kappa shape index (κ3) is 4.97. The van der Waals surface area contributed by atoms with Gasteiger partial charge in [-0.2, -0.15) is 0 Å². The monoisotopic (exact) mass is 483 g/mol. The van der Waals surface area contributed by atoms with Crippen molar-refractivity contribution in [3.63, 3.8) is 0 Å². The predicted octanol–water partition coefficient (Wildman–Crippen LogP) is 3.20. The minimum atomic E-state index is -3.09. The minimum absolute atomic E-state index is 0.0187. The zero-order valence-electron chi connectivity index (χ0n) is 16.4. The Morgan fingerprint density at radius 3 is 2.68 bits per heavy atom. The second-order valence-corrected chi connectivity index (χ2v) is 10.9. The molecule has 0 spiro atoms. The van der Waals surface area contributed by atoms with Crippen molar-refractivity contribution in [3.8, 4) is 5.75 Å². The third-order valence-electron chi connectivity index (χ3n) is 4.93. The molecule has 2 aromatic rings. The van der Waals surface area contributed by atoms with Crippen LogP contribution >= 0.6 is 23.4 Å². The largest absolute Gasteiger partial charge is 0.497 e. The number of nitrogens with one attached hydrogen (secondary N) is 1. The number of carbonyl (C=O) groups excluding carboxylic acids is 1. The van der Waals surface area contributed by atoms with Gasteiger partial charge in [-0.15, -0.1) is 0 Å². The van der Waals surface area contributed by atoms with Crippen molar-refractivity contribution in [1.29, 1.82) is 0 Å². The first-order chi connectivity index (χ1) is 14.7.